The fourth-order valence-electron chi connectivity index (χ4n) is 4.43. The molecule has 0 spiro atoms. The zero-order valence-electron chi connectivity index (χ0n) is 16.9. The molecule has 29 heavy (non-hydrogen) atoms. The summed E-state index contributed by atoms with van der Waals surface area (Å²) in [5.74, 6) is 1.45. The van der Waals surface area contributed by atoms with Crippen molar-refractivity contribution < 1.29 is 4.79 Å². The Hall–Kier alpha value is -3.22. The Bertz CT molecular complexity index is 1200. The predicted molar refractivity (Wildman–Crippen MR) is 112 cm³/mol. The molecule has 1 aromatic carbocycles. The van der Waals surface area contributed by atoms with Crippen LogP contribution in [-0.2, 0) is 7.05 Å². The van der Waals surface area contributed by atoms with Crippen molar-refractivity contribution in [3.63, 3.8) is 0 Å². The highest BCUT2D eigenvalue weighted by Crippen LogP contribution is 2.30. The first-order valence-electron chi connectivity index (χ1n) is 10.1. The summed E-state index contributed by atoms with van der Waals surface area (Å²) in [5.41, 5.74) is 5.23. The Labute approximate surface area is 168 Å². The maximum absolute atomic E-state index is 13.3. The van der Waals surface area contributed by atoms with Crippen LogP contribution < -0.4 is 0 Å². The number of aryl methyl sites for hydroxylation is 3. The van der Waals surface area contributed by atoms with E-state index in [1.807, 2.05) is 50.1 Å². The molecule has 5 rings (SSSR count). The number of piperidine rings is 1. The third-order valence-electron chi connectivity index (χ3n) is 5.90. The lowest BCUT2D eigenvalue weighted by molar-refractivity contribution is 0.0713. The summed E-state index contributed by atoms with van der Waals surface area (Å²) in [6.45, 7) is 5.31. The number of amides is 1. The second kappa shape index (κ2) is 6.69. The van der Waals surface area contributed by atoms with Crippen LogP contribution in [0.3, 0.4) is 0 Å². The van der Waals surface area contributed by atoms with E-state index in [0.717, 1.165) is 65.2 Å². The fraction of sp³-hybridized carbons (Fsp3) is 0.364. The Morgan fingerprint density at radius 1 is 1.14 bits per heavy atom. The first kappa shape index (κ1) is 17.8. The van der Waals surface area contributed by atoms with Crippen LogP contribution in [0.1, 0.15) is 46.3 Å². The zero-order valence-corrected chi connectivity index (χ0v) is 16.9. The number of nitrogens with zero attached hydrogens (tertiary/aromatic N) is 5. The molecule has 0 unspecified atom stereocenters. The average Bonchev–Trinajstić information content (AvgIpc) is 3.28. The van der Waals surface area contributed by atoms with Gasteiger partial charge in [-0.3, -0.25) is 9.48 Å². The molecule has 0 atom stereocenters. The number of likely N-dealkylation sites (tertiary alicyclic amines) is 1. The van der Waals surface area contributed by atoms with Gasteiger partial charge in [-0.2, -0.15) is 5.10 Å². The van der Waals surface area contributed by atoms with Crippen molar-refractivity contribution >= 4 is 28.0 Å². The van der Waals surface area contributed by atoms with Gasteiger partial charge in [-0.1, -0.05) is 12.1 Å². The number of rotatable bonds is 2. The number of imidazole rings is 1. The van der Waals surface area contributed by atoms with E-state index in [2.05, 4.69) is 21.1 Å². The van der Waals surface area contributed by atoms with Gasteiger partial charge in [-0.25, -0.2) is 9.97 Å². The Balaban J connectivity index is 1.38. The molecule has 3 aromatic heterocycles. The largest absolute Gasteiger partial charge is 0.342 e. The number of H-pyrrole nitrogens is 1. The molecule has 0 bridgehead atoms. The predicted octanol–water partition coefficient (Wildman–Crippen LogP) is 3.48. The van der Waals surface area contributed by atoms with Gasteiger partial charge in [0.05, 0.1) is 27.7 Å². The Kier molecular flexibility index (Phi) is 4.12. The second-order valence-corrected chi connectivity index (χ2v) is 7.92. The average molecular weight is 388 g/mol. The van der Waals surface area contributed by atoms with Crippen LogP contribution in [0.5, 0.6) is 0 Å². The molecular weight excluding hydrogens is 364 g/mol. The van der Waals surface area contributed by atoms with Crippen molar-refractivity contribution in [1.29, 1.82) is 0 Å². The highest BCUT2D eigenvalue weighted by atomic mass is 16.2. The maximum atomic E-state index is 13.3. The van der Waals surface area contributed by atoms with Crippen molar-refractivity contribution in [2.75, 3.05) is 13.1 Å². The van der Waals surface area contributed by atoms with Gasteiger partial charge in [0.1, 0.15) is 5.82 Å². The number of hydrogen-bond acceptors (Lipinski definition) is 4. The quantitative estimate of drug-likeness (QED) is 0.570. The van der Waals surface area contributed by atoms with Crippen molar-refractivity contribution in [3.8, 4) is 0 Å². The van der Waals surface area contributed by atoms with Crippen LogP contribution in [0.15, 0.2) is 30.3 Å². The van der Waals surface area contributed by atoms with Crippen LogP contribution in [0.4, 0.5) is 0 Å². The van der Waals surface area contributed by atoms with Crippen molar-refractivity contribution in [2.24, 2.45) is 7.05 Å². The summed E-state index contributed by atoms with van der Waals surface area (Å²) in [4.78, 5) is 28.1. The van der Waals surface area contributed by atoms with E-state index in [9.17, 15) is 4.79 Å². The lowest BCUT2D eigenvalue weighted by Gasteiger charge is -2.31. The number of nitrogens with one attached hydrogen (secondary N) is 1. The number of hydrogen-bond donors (Lipinski definition) is 1. The Morgan fingerprint density at radius 2 is 1.90 bits per heavy atom. The van der Waals surface area contributed by atoms with E-state index in [0.29, 0.717) is 11.5 Å². The van der Waals surface area contributed by atoms with E-state index in [-0.39, 0.29) is 5.91 Å². The summed E-state index contributed by atoms with van der Waals surface area (Å²) < 4.78 is 1.75. The Morgan fingerprint density at radius 3 is 2.66 bits per heavy atom. The molecule has 1 amide bonds. The molecule has 0 radical (unpaired) electrons. The molecule has 1 saturated heterocycles. The summed E-state index contributed by atoms with van der Waals surface area (Å²) in [5, 5.41) is 5.33. The summed E-state index contributed by atoms with van der Waals surface area (Å²) in [6, 6.07) is 10.00. The lowest BCUT2D eigenvalue weighted by Crippen LogP contribution is -2.38. The van der Waals surface area contributed by atoms with Gasteiger partial charge < -0.3 is 9.88 Å². The van der Waals surface area contributed by atoms with Gasteiger partial charge in [0.25, 0.3) is 5.91 Å². The molecule has 7 heteroatoms. The van der Waals surface area contributed by atoms with Gasteiger partial charge in [0.2, 0.25) is 0 Å². The molecule has 7 nitrogen and oxygen atoms in total. The molecule has 4 aromatic rings. The highest BCUT2D eigenvalue weighted by Gasteiger charge is 2.28. The molecule has 0 aliphatic carbocycles. The summed E-state index contributed by atoms with van der Waals surface area (Å²) in [6.07, 6.45) is 1.82. The second-order valence-electron chi connectivity index (χ2n) is 7.92. The third-order valence-corrected chi connectivity index (χ3v) is 5.90. The van der Waals surface area contributed by atoms with Crippen molar-refractivity contribution in [2.45, 2.75) is 32.6 Å². The molecule has 4 heterocycles. The molecule has 1 N–H and O–H groups in total. The minimum absolute atomic E-state index is 0.0691. The summed E-state index contributed by atoms with van der Waals surface area (Å²) >= 11 is 0. The van der Waals surface area contributed by atoms with Gasteiger partial charge in [-0.15, -0.1) is 0 Å². The molecular formula is C22H24N6O. The van der Waals surface area contributed by atoms with E-state index >= 15 is 0 Å². The van der Waals surface area contributed by atoms with Gasteiger partial charge in [0.15, 0.2) is 5.65 Å². The molecule has 1 aliphatic rings. The zero-order chi connectivity index (χ0) is 20.1. The van der Waals surface area contributed by atoms with Crippen molar-refractivity contribution in [3.05, 3.63) is 53.1 Å². The third kappa shape index (κ3) is 2.97. The van der Waals surface area contributed by atoms with Gasteiger partial charge >= 0.3 is 0 Å². The highest BCUT2D eigenvalue weighted by molar-refractivity contribution is 6.06. The topological polar surface area (TPSA) is 79.7 Å². The lowest BCUT2D eigenvalue weighted by atomic mass is 9.95. The number of aromatic amines is 1. The van der Waals surface area contributed by atoms with Crippen LogP contribution >= 0.6 is 0 Å². The van der Waals surface area contributed by atoms with E-state index < -0.39 is 0 Å². The van der Waals surface area contributed by atoms with E-state index in [4.69, 9.17) is 4.98 Å². The van der Waals surface area contributed by atoms with Gasteiger partial charge in [-0.05, 0) is 44.9 Å². The fourth-order valence-corrected chi connectivity index (χ4v) is 4.43. The molecule has 1 aliphatic heterocycles. The molecule has 1 fully saturated rings. The molecule has 0 saturated carbocycles. The number of aromatic nitrogens is 5. The first-order valence-corrected chi connectivity index (χ1v) is 10.1. The number of carbonyl (C=O) groups excluding carboxylic acids is 1. The van der Waals surface area contributed by atoms with Crippen LogP contribution in [0, 0.1) is 13.8 Å². The maximum Gasteiger partial charge on any atom is 0.254 e. The monoisotopic (exact) mass is 388 g/mol. The number of fused-ring (bicyclic) bond motifs is 2. The van der Waals surface area contributed by atoms with Crippen molar-refractivity contribution in [1.82, 2.24) is 29.6 Å². The number of benzene rings is 1. The number of carbonyl (C=O) groups is 1. The minimum Gasteiger partial charge on any atom is -0.342 e. The standard InChI is InChI=1S/C22H24N6O/c1-13-12-16(19-14(2)26-27(3)21(19)23-13)22(29)28-10-8-15(9-11-28)20-24-17-6-4-5-7-18(17)25-20/h4-7,12,15H,8-11H2,1-3H3,(H,24,25). The van der Waals surface area contributed by atoms with Crippen LogP contribution in [0.2, 0.25) is 0 Å². The van der Waals surface area contributed by atoms with E-state index in [1.165, 1.54) is 0 Å². The smallest absolute Gasteiger partial charge is 0.254 e. The number of para-hydroxylation sites is 2. The van der Waals surface area contributed by atoms with Gasteiger partial charge in [0, 0.05) is 31.7 Å². The summed E-state index contributed by atoms with van der Waals surface area (Å²) in [7, 11) is 1.87. The van der Waals surface area contributed by atoms with Crippen LogP contribution in [-0.4, -0.2) is 48.6 Å². The SMILES string of the molecule is Cc1cc(C(=O)N2CCC(c3nc4ccccc4[nH]3)CC2)c2c(C)nn(C)c2n1. The normalized spacial score (nSPS) is 15.5. The number of pyridine rings is 1. The minimum atomic E-state index is 0.0691. The molecule has 148 valence electrons. The van der Waals surface area contributed by atoms with E-state index in [1.54, 1.807) is 4.68 Å². The first-order chi connectivity index (χ1) is 14.0. The van der Waals surface area contributed by atoms with Crippen LogP contribution in [0.25, 0.3) is 22.1 Å².